The first-order valence-electron chi connectivity index (χ1n) is 5.66. The highest BCUT2D eigenvalue weighted by Gasteiger charge is 2.24. The fourth-order valence-electron chi connectivity index (χ4n) is 1.89. The van der Waals surface area contributed by atoms with Gasteiger partial charge in [-0.2, -0.15) is 5.10 Å². The molecule has 0 saturated carbocycles. The SMILES string of the molecule is CC(C)(CC(=O)O)c1cccc(-n2cncn2)c1. The molecular weight excluding hydrogens is 230 g/mol. The van der Waals surface area contributed by atoms with E-state index in [4.69, 9.17) is 5.11 Å². The van der Waals surface area contributed by atoms with Crippen LogP contribution in [0, 0.1) is 0 Å². The van der Waals surface area contributed by atoms with Crippen LogP contribution < -0.4 is 0 Å². The van der Waals surface area contributed by atoms with Crippen molar-refractivity contribution in [2.45, 2.75) is 25.7 Å². The van der Waals surface area contributed by atoms with Crippen LogP contribution in [-0.2, 0) is 10.2 Å². The van der Waals surface area contributed by atoms with E-state index >= 15 is 0 Å². The molecule has 0 bridgehead atoms. The van der Waals surface area contributed by atoms with Crippen molar-refractivity contribution in [3.05, 3.63) is 42.5 Å². The summed E-state index contributed by atoms with van der Waals surface area (Å²) in [5.74, 6) is -0.800. The molecule has 1 aromatic carbocycles. The molecule has 0 aliphatic carbocycles. The Bertz CT molecular complexity index is 547. The van der Waals surface area contributed by atoms with Gasteiger partial charge in [-0.05, 0) is 17.7 Å². The molecule has 1 aromatic heterocycles. The maximum Gasteiger partial charge on any atom is 0.304 e. The molecule has 18 heavy (non-hydrogen) atoms. The molecule has 0 fully saturated rings. The summed E-state index contributed by atoms with van der Waals surface area (Å²) in [6.45, 7) is 3.84. The van der Waals surface area contributed by atoms with Gasteiger partial charge in [0.25, 0.3) is 0 Å². The minimum Gasteiger partial charge on any atom is -0.481 e. The van der Waals surface area contributed by atoms with Crippen LogP contribution in [0.25, 0.3) is 5.69 Å². The number of hydrogen-bond donors (Lipinski definition) is 1. The van der Waals surface area contributed by atoms with Crippen molar-refractivity contribution in [2.75, 3.05) is 0 Å². The van der Waals surface area contributed by atoms with Gasteiger partial charge in [-0.1, -0.05) is 26.0 Å². The van der Waals surface area contributed by atoms with E-state index in [0.717, 1.165) is 11.3 Å². The minimum atomic E-state index is -0.800. The summed E-state index contributed by atoms with van der Waals surface area (Å²) in [4.78, 5) is 14.8. The molecule has 94 valence electrons. The minimum absolute atomic E-state index is 0.0911. The number of carboxylic acid groups (broad SMARTS) is 1. The van der Waals surface area contributed by atoms with Crippen LogP contribution in [-0.4, -0.2) is 25.8 Å². The maximum absolute atomic E-state index is 10.9. The lowest BCUT2D eigenvalue weighted by Gasteiger charge is -2.23. The molecule has 0 aliphatic heterocycles. The van der Waals surface area contributed by atoms with E-state index in [0.29, 0.717) is 0 Å². The Morgan fingerprint density at radius 1 is 1.44 bits per heavy atom. The number of nitrogens with zero attached hydrogens (tertiary/aromatic N) is 3. The summed E-state index contributed by atoms with van der Waals surface area (Å²) in [6.07, 6.45) is 3.17. The van der Waals surface area contributed by atoms with E-state index < -0.39 is 11.4 Å². The molecule has 0 amide bonds. The molecule has 2 rings (SSSR count). The van der Waals surface area contributed by atoms with Crippen molar-refractivity contribution in [3.8, 4) is 5.69 Å². The van der Waals surface area contributed by atoms with Crippen molar-refractivity contribution in [1.82, 2.24) is 14.8 Å². The molecule has 0 aliphatic rings. The Kier molecular flexibility index (Phi) is 3.14. The summed E-state index contributed by atoms with van der Waals surface area (Å²) in [7, 11) is 0. The Hall–Kier alpha value is -2.17. The number of aromatic nitrogens is 3. The number of carboxylic acids is 1. The van der Waals surface area contributed by atoms with E-state index in [1.807, 2.05) is 38.1 Å². The number of aliphatic carboxylic acids is 1. The number of carbonyl (C=O) groups is 1. The number of rotatable bonds is 4. The second kappa shape index (κ2) is 4.60. The highest BCUT2D eigenvalue weighted by molar-refractivity contribution is 5.69. The Morgan fingerprint density at radius 3 is 2.83 bits per heavy atom. The summed E-state index contributed by atoms with van der Waals surface area (Å²) in [5, 5.41) is 13.0. The zero-order valence-corrected chi connectivity index (χ0v) is 10.4. The average Bonchev–Trinajstić information content (AvgIpc) is 2.81. The average molecular weight is 245 g/mol. The zero-order valence-electron chi connectivity index (χ0n) is 10.4. The normalized spacial score (nSPS) is 11.4. The van der Waals surface area contributed by atoms with Crippen LogP contribution in [0.5, 0.6) is 0 Å². The quantitative estimate of drug-likeness (QED) is 0.894. The number of hydrogen-bond acceptors (Lipinski definition) is 3. The smallest absolute Gasteiger partial charge is 0.304 e. The monoisotopic (exact) mass is 245 g/mol. The third-order valence-electron chi connectivity index (χ3n) is 2.90. The topological polar surface area (TPSA) is 68.0 Å². The molecule has 2 aromatic rings. The lowest BCUT2D eigenvalue weighted by Crippen LogP contribution is -2.21. The van der Waals surface area contributed by atoms with Crippen LogP contribution >= 0.6 is 0 Å². The molecule has 0 radical (unpaired) electrons. The van der Waals surface area contributed by atoms with E-state index in [9.17, 15) is 4.79 Å². The van der Waals surface area contributed by atoms with Crippen LogP contribution in [0.1, 0.15) is 25.8 Å². The van der Waals surface area contributed by atoms with Crippen molar-refractivity contribution in [1.29, 1.82) is 0 Å². The van der Waals surface area contributed by atoms with Crippen molar-refractivity contribution in [3.63, 3.8) is 0 Å². The van der Waals surface area contributed by atoms with Gasteiger partial charge < -0.3 is 5.11 Å². The van der Waals surface area contributed by atoms with Crippen LogP contribution in [0.2, 0.25) is 0 Å². The Balaban J connectivity index is 2.35. The predicted octanol–water partition coefficient (Wildman–Crippen LogP) is 2.02. The van der Waals surface area contributed by atoms with Gasteiger partial charge in [0.15, 0.2) is 0 Å². The molecule has 1 N–H and O–H groups in total. The first kappa shape index (κ1) is 12.3. The summed E-state index contributed by atoms with van der Waals surface area (Å²) < 4.78 is 1.65. The fourth-order valence-corrected chi connectivity index (χ4v) is 1.89. The largest absolute Gasteiger partial charge is 0.481 e. The van der Waals surface area contributed by atoms with E-state index in [2.05, 4.69) is 10.1 Å². The molecule has 0 spiro atoms. The summed E-state index contributed by atoms with van der Waals surface area (Å²) in [5.41, 5.74) is 1.43. The molecule has 5 heteroatoms. The third kappa shape index (κ3) is 2.56. The van der Waals surface area contributed by atoms with Crippen molar-refractivity contribution in [2.24, 2.45) is 0 Å². The summed E-state index contributed by atoms with van der Waals surface area (Å²) in [6, 6.07) is 7.69. The Morgan fingerprint density at radius 2 is 2.22 bits per heavy atom. The van der Waals surface area contributed by atoms with Gasteiger partial charge in [0.1, 0.15) is 12.7 Å². The maximum atomic E-state index is 10.9. The first-order valence-corrected chi connectivity index (χ1v) is 5.66. The van der Waals surface area contributed by atoms with Crippen molar-refractivity contribution >= 4 is 5.97 Å². The molecule has 0 unspecified atom stereocenters. The highest BCUT2D eigenvalue weighted by Crippen LogP contribution is 2.28. The molecule has 0 atom stereocenters. The van der Waals surface area contributed by atoms with E-state index in [-0.39, 0.29) is 6.42 Å². The van der Waals surface area contributed by atoms with Gasteiger partial charge in [-0.25, -0.2) is 9.67 Å². The standard InChI is InChI=1S/C13H15N3O2/c1-13(2,7-12(17)18)10-4-3-5-11(6-10)16-9-14-8-15-16/h3-6,8-9H,7H2,1-2H3,(H,17,18). The fraction of sp³-hybridized carbons (Fsp3) is 0.308. The molecule has 0 saturated heterocycles. The molecule has 5 nitrogen and oxygen atoms in total. The van der Waals surface area contributed by atoms with E-state index in [1.54, 1.807) is 11.0 Å². The van der Waals surface area contributed by atoms with Crippen LogP contribution in [0.3, 0.4) is 0 Å². The molecule has 1 heterocycles. The number of benzene rings is 1. The van der Waals surface area contributed by atoms with Gasteiger partial charge in [-0.3, -0.25) is 4.79 Å². The molecular formula is C13H15N3O2. The van der Waals surface area contributed by atoms with Gasteiger partial charge >= 0.3 is 5.97 Å². The van der Waals surface area contributed by atoms with Gasteiger partial charge in [0, 0.05) is 5.41 Å². The van der Waals surface area contributed by atoms with Gasteiger partial charge in [0.2, 0.25) is 0 Å². The third-order valence-corrected chi connectivity index (χ3v) is 2.90. The first-order chi connectivity index (χ1) is 8.49. The second-order valence-electron chi connectivity index (χ2n) is 4.84. The van der Waals surface area contributed by atoms with Crippen molar-refractivity contribution < 1.29 is 9.90 Å². The second-order valence-corrected chi connectivity index (χ2v) is 4.84. The van der Waals surface area contributed by atoms with E-state index in [1.165, 1.54) is 6.33 Å². The van der Waals surface area contributed by atoms with Gasteiger partial charge in [0.05, 0.1) is 12.1 Å². The zero-order chi connectivity index (χ0) is 13.2. The van der Waals surface area contributed by atoms with Gasteiger partial charge in [-0.15, -0.1) is 0 Å². The Labute approximate surface area is 105 Å². The highest BCUT2D eigenvalue weighted by atomic mass is 16.4. The lowest BCUT2D eigenvalue weighted by atomic mass is 9.81. The lowest BCUT2D eigenvalue weighted by molar-refractivity contribution is -0.138. The van der Waals surface area contributed by atoms with Crippen LogP contribution in [0.15, 0.2) is 36.9 Å². The summed E-state index contributed by atoms with van der Waals surface area (Å²) >= 11 is 0. The van der Waals surface area contributed by atoms with Crippen LogP contribution in [0.4, 0.5) is 0 Å². The predicted molar refractivity (Wildman–Crippen MR) is 66.6 cm³/mol.